The number of rotatable bonds is 5. The summed E-state index contributed by atoms with van der Waals surface area (Å²) in [5, 5.41) is 27.6. The summed E-state index contributed by atoms with van der Waals surface area (Å²) in [5.41, 5.74) is 0.671. The van der Waals surface area contributed by atoms with Crippen LogP contribution in [-0.2, 0) is 16.0 Å². The van der Waals surface area contributed by atoms with Crippen molar-refractivity contribution in [1.29, 1.82) is 0 Å². The van der Waals surface area contributed by atoms with Crippen LogP contribution in [0.2, 0.25) is 0 Å². The number of ether oxygens (including phenoxy) is 1. The van der Waals surface area contributed by atoms with Gasteiger partial charge in [-0.05, 0) is 31.5 Å². The molecule has 0 saturated heterocycles. The van der Waals surface area contributed by atoms with Gasteiger partial charge in [0, 0.05) is 12.5 Å². The van der Waals surface area contributed by atoms with Crippen LogP contribution in [0.5, 0.6) is 11.5 Å². The number of aliphatic hydroxyl groups excluding tert-OH is 1. The molecule has 0 amide bonds. The lowest BCUT2D eigenvalue weighted by atomic mass is 10.1. The van der Waals surface area contributed by atoms with Crippen molar-refractivity contribution in [2.45, 2.75) is 38.9 Å². The average molecular weight is 254 g/mol. The van der Waals surface area contributed by atoms with Gasteiger partial charge in [0.05, 0.1) is 12.5 Å². The molecule has 3 N–H and O–H groups in total. The molecule has 0 bridgehead atoms. The Hall–Kier alpha value is -1.75. The van der Waals surface area contributed by atoms with Gasteiger partial charge in [-0.25, -0.2) is 0 Å². The van der Waals surface area contributed by atoms with Crippen LogP contribution >= 0.6 is 0 Å². The molecule has 5 heteroatoms. The summed E-state index contributed by atoms with van der Waals surface area (Å²) in [6.07, 6.45) is -0.782. The van der Waals surface area contributed by atoms with Gasteiger partial charge in [0.2, 0.25) is 0 Å². The number of carbonyl (C=O) groups excluding carboxylic acids is 1. The Morgan fingerprint density at radius 1 is 1.22 bits per heavy atom. The molecule has 0 unspecified atom stereocenters. The number of phenolic OH excluding ortho intramolecular Hbond substituents is 2. The number of aromatic hydroxyl groups is 2. The van der Waals surface area contributed by atoms with Gasteiger partial charge in [-0.3, -0.25) is 4.79 Å². The number of hydrogen-bond acceptors (Lipinski definition) is 5. The molecule has 1 aromatic rings. The van der Waals surface area contributed by atoms with Crippen molar-refractivity contribution in [2.75, 3.05) is 0 Å². The highest BCUT2D eigenvalue weighted by atomic mass is 16.5. The molecule has 100 valence electrons. The Morgan fingerprint density at radius 3 is 2.28 bits per heavy atom. The maximum absolute atomic E-state index is 11.3. The monoisotopic (exact) mass is 254 g/mol. The first kappa shape index (κ1) is 14.3. The van der Waals surface area contributed by atoms with Crippen molar-refractivity contribution in [3.05, 3.63) is 23.8 Å². The highest BCUT2D eigenvalue weighted by Crippen LogP contribution is 2.21. The SMILES string of the molecule is C[C@H](Cc1cc(O)cc(O)c1)OC(=O)C[C@@H](C)O. The molecule has 0 aliphatic carbocycles. The van der Waals surface area contributed by atoms with E-state index in [-0.39, 0.29) is 17.9 Å². The predicted molar refractivity (Wildman–Crippen MR) is 65.3 cm³/mol. The van der Waals surface area contributed by atoms with Crippen LogP contribution in [0.4, 0.5) is 0 Å². The van der Waals surface area contributed by atoms with Gasteiger partial charge in [-0.15, -0.1) is 0 Å². The number of carbonyl (C=O) groups is 1. The van der Waals surface area contributed by atoms with Gasteiger partial charge >= 0.3 is 5.97 Å². The second-order valence-corrected chi connectivity index (χ2v) is 4.42. The van der Waals surface area contributed by atoms with Gasteiger partial charge in [0.25, 0.3) is 0 Å². The normalized spacial score (nSPS) is 13.9. The molecule has 18 heavy (non-hydrogen) atoms. The summed E-state index contributed by atoms with van der Waals surface area (Å²) in [5.74, 6) is -0.540. The Morgan fingerprint density at radius 2 is 1.78 bits per heavy atom. The summed E-state index contributed by atoms with van der Waals surface area (Å²) in [6.45, 7) is 3.22. The van der Waals surface area contributed by atoms with E-state index in [2.05, 4.69) is 0 Å². The quantitative estimate of drug-likeness (QED) is 0.690. The van der Waals surface area contributed by atoms with Crippen LogP contribution in [0.25, 0.3) is 0 Å². The fourth-order valence-electron chi connectivity index (χ4n) is 1.66. The minimum absolute atomic E-state index is 0.0347. The third kappa shape index (κ3) is 5.05. The molecule has 0 aromatic heterocycles. The maximum Gasteiger partial charge on any atom is 0.308 e. The van der Waals surface area contributed by atoms with E-state index in [4.69, 9.17) is 9.84 Å². The van der Waals surface area contributed by atoms with Crippen molar-refractivity contribution in [2.24, 2.45) is 0 Å². The molecular weight excluding hydrogens is 236 g/mol. The number of benzene rings is 1. The van der Waals surface area contributed by atoms with Crippen LogP contribution in [-0.4, -0.2) is 33.5 Å². The summed E-state index contributed by atoms with van der Waals surface area (Å²) in [7, 11) is 0. The largest absolute Gasteiger partial charge is 0.508 e. The second kappa shape index (κ2) is 6.26. The van der Waals surface area contributed by atoms with Crippen molar-refractivity contribution in [1.82, 2.24) is 0 Å². The Kier molecular flexibility index (Phi) is 4.97. The number of esters is 1. The van der Waals surface area contributed by atoms with Crippen molar-refractivity contribution >= 4 is 5.97 Å². The summed E-state index contributed by atoms with van der Waals surface area (Å²) < 4.78 is 5.08. The highest BCUT2D eigenvalue weighted by Gasteiger charge is 2.13. The van der Waals surface area contributed by atoms with E-state index in [0.717, 1.165) is 0 Å². The molecule has 1 rings (SSSR count). The van der Waals surface area contributed by atoms with E-state index >= 15 is 0 Å². The molecule has 0 aliphatic rings. The van der Waals surface area contributed by atoms with Gasteiger partial charge in [0.1, 0.15) is 17.6 Å². The van der Waals surface area contributed by atoms with Crippen LogP contribution in [0, 0.1) is 0 Å². The Balaban J connectivity index is 2.53. The minimum Gasteiger partial charge on any atom is -0.508 e. The summed E-state index contributed by atoms with van der Waals surface area (Å²) in [4.78, 5) is 11.3. The fourth-order valence-corrected chi connectivity index (χ4v) is 1.66. The van der Waals surface area contributed by atoms with E-state index in [0.29, 0.717) is 12.0 Å². The number of aliphatic hydroxyl groups is 1. The lowest BCUT2D eigenvalue weighted by molar-refractivity contribution is -0.150. The molecule has 0 fully saturated rings. The molecule has 2 atom stereocenters. The first-order valence-corrected chi connectivity index (χ1v) is 5.76. The van der Waals surface area contributed by atoms with Crippen molar-refractivity contribution in [3.8, 4) is 11.5 Å². The second-order valence-electron chi connectivity index (χ2n) is 4.42. The zero-order valence-electron chi connectivity index (χ0n) is 10.5. The fraction of sp³-hybridized carbons (Fsp3) is 0.462. The summed E-state index contributed by atoms with van der Waals surface area (Å²) in [6, 6.07) is 4.23. The Labute approximate surface area is 106 Å². The van der Waals surface area contributed by atoms with Crippen LogP contribution in [0.1, 0.15) is 25.8 Å². The van der Waals surface area contributed by atoms with E-state index < -0.39 is 18.2 Å². The van der Waals surface area contributed by atoms with E-state index in [1.54, 1.807) is 6.92 Å². The van der Waals surface area contributed by atoms with Crippen LogP contribution in [0.15, 0.2) is 18.2 Å². The molecule has 5 nitrogen and oxygen atoms in total. The van der Waals surface area contributed by atoms with Crippen LogP contribution < -0.4 is 0 Å². The third-order valence-corrected chi connectivity index (χ3v) is 2.28. The van der Waals surface area contributed by atoms with Gasteiger partial charge in [0.15, 0.2) is 0 Å². The zero-order valence-corrected chi connectivity index (χ0v) is 10.5. The van der Waals surface area contributed by atoms with Gasteiger partial charge < -0.3 is 20.1 Å². The van der Waals surface area contributed by atoms with E-state index in [1.165, 1.54) is 25.1 Å². The molecule has 1 aromatic carbocycles. The summed E-state index contributed by atoms with van der Waals surface area (Å²) >= 11 is 0. The molecule has 0 aliphatic heterocycles. The minimum atomic E-state index is -0.727. The molecule has 0 radical (unpaired) electrons. The average Bonchev–Trinajstić information content (AvgIpc) is 2.12. The van der Waals surface area contributed by atoms with Gasteiger partial charge in [-0.1, -0.05) is 0 Å². The van der Waals surface area contributed by atoms with E-state index in [9.17, 15) is 15.0 Å². The molecule has 0 saturated carbocycles. The molecule has 0 spiro atoms. The standard InChI is InChI=1S/C13H18O5/c1-8(14)3-13(17)18-9(2)4-10-5-11(15)7-12(16)6-10/h5-9,14-16H,3-4H2,1-2H3/t8-,9-/m1/s1. The first-order valence-electron chi connectivity index (χ1n) is 5.76. The molecular formula is C13H18O5. The highest BCUT2D eigenvalue weighted by molar-refractivity contribution is 5.70. The molecule has 0 heterocycles. The topological polar surface area (TPSA) is 87.0 Å². The Bertz CT molecular complexity index is 394. The maximum atomic E-state index is 11.3. The van der Waals surface area contributed by atoms with Crippen molar-refractivity contribution in [3.63, 3.8) is 0 Å². The van der Waals surface area contributed by atoms with E-state index in [1.807, 2.05) is 0 Å². The van der Waals surface area contributed by atoms with Gasteiger partial charge in [-0.2, -0.15) is 0 Å². The number of hydrogen-bond donors (Lipinski definition) is 3. The number of phenols is 2. The zero-order chi connectivity index (χ0) is 13.7. The third-order valence-electron chi connectivity index (χ3n) is 2.28. The predicted octanol–water partition coefficient (Wildman–Crippen LogP) is 1.34. The lowest BCUT2D eigenvalue weighted by Gasteiger charge is -2.14. The lowest BCUT2D eigenvalue weighted by Crippen LogP contribution is -2.20. The van der Waals surface area contributed by atoms with Crippen molar-refractivity contribution < 1.29 is 24.9 Å². The first-order chi connectivity index (χ1) is 8.36. The smallest absolute Gasteiger partial charge is 0.308 e. The van der Waals surface area contributed by atoms with Crippen LogP contribution in [0.3, 0.4) is 0 Å².